The van der Waals surface area contributed by atoms with Crippen LogP contribution in [0.5, 0.6) is 0 Å². The van der Waals surface area contributed by atoms with Gasteiger partial charge in [0.1, 0.15) is 6.04 Å². The average Bonchev–Trinajstić information content (AvgIpc) is 2.10. The Balaban J connectivity index is 4.67. The summed E-state index contributed by atoms with van der Waals surface area (Å²) in [5.74, 6) is -0.942. The second-order valence-electron chi connectivity index (χ2n) is 3.80. The highest BCUT2D eigenvalue weighted by molar-refractivity contribution is 8.82. The maximum atomic E-state index is 11.2. The van der Waals surface area contributed by atoms with E-state index >= 15 is 0 Å². The topological polar surface area (TPSA) is 89.3 Å². The molecule has 0 rings (SSSR count). The first kappa shape index (κ1) is 15.3. The van der Waals surface area contributed by atoms with Crippen LogP contribution in [0.4, 0.5) is 0 Å². The zero-order valence-corrected chi connectivity index (χ0v) is 11.3. The van der Waals surface area contributed by atoms with Gasteiger partial charge in [0.15, 0.2) is 5.12 Å². The van der Waals surface area contributed by atoms with Crippen LogP contribution in [0.15, 0.2) is 0 Å². The van der Waals surface area contributed by atoms with Gasteiger partial charge in [0, 0.05) is 13.8 Å². The van der Waals surface area contributed by atoms with Gasteiger partial charge in [-0.05, 0) is 24.6 Å². The predicted octanol–water partition coefficient (Wildman–Crippen LogP) is 0.683. The van der Waals surface area contributed by atoms with Crippen LogP contribution in [-0.4, -0.2) is 27.7 Å². The third-order valence-corrected chi connectivity index (χ3v) is 4.93. The molecule has 7 heteroatoms. The Bertz CT molecular complexity index is 305. The molecule has 0 aromatic rings. The number of amides is 2. The van der Waals surface area contributed by atoms with Crippen molar-refractivity contribution in [2.24, 2.45) is 5.73 Å². The standard InChI is InChI=1S/C9H16N2O3S2/c1-5(12)11-7(8(10)14)9(3,4)16-15-6(2)13/h7H,1-4H3,(H2,10,14)(H,11,12). The minimum atomic E-state index is -0.804. The normalized spacial score (nSPS) is 13.0. The second kappa shape index (κ2) is 6.15. The maximum absolute atomic E-state index is 11.2. The highest BCUT2D eigenvalue weighted by Gasteiger charge is 2.36. The van der Waals surface area contributed by atoms with Gasteiger partial charge in [-0.2, -0.15) is 0 Å². The number of nitrogens with one attached hydrogen (secondary N) is 1. The molecule has 0 bridgehead atoms. The van der Waals surface area contributed by atoms with Crippen LogP contribution >= 0.6 is 21.6 Å². The maximum Gasteiger partial charge on any atom is 0.241 e. The number of hydrogen-bond acceptors (Lipinski definition) is 5. The van der Waals surface area contributed by atoms with Crippen molar-refractivity contribution in [1.29, 1.82) is 0 Å². The van der Waals surface area contributed by atoms with Crippen molar-refractivity contribution in [1.82, 2.24) is 5.32 Å². The molecule has 92 valence electrons. The molecule has 0 aromatic carbocycles. The molecule has 3 N–H and O–H groups in total. The van der Waals surface area contributed by atoms with E-state index in [9.17, 15) is 14.4 Å². The molecule has 1 atom stereocenters. The van der Waals surface area contributed by atoms with Gasteiger partial charge in [-0.15, -0.1) is 0 Å². The van der Waals surface area contributed by atoms with Crippen molar-refractivity contribution in [3.8, 4) is 0 Å². The van der Waals surface area contributed by atoms with E-state index in [4.69, 9.17) is 5.73 Å². The predicted molar refractivity (Wildman–Crippen MR) is 66.7 cm³/mol. The van der Waals surface area contributed by atoms with E-state index < -0.39 is 16.7 Å². The minimum Gasteiger partial charge on any atom is -0.368 e. The molecule has 0 spiro atoms. The summed E-state index contributed by atoms with van der Waals surface area (Å²) in [6.07, 6.45) is 0. The molecule has 0 fully saturated rings. The SMILES string of the molecule is CC(=O)NC(C(N)=O)C(C)(C)SSC(C)=O. The Morgan fingerprint density at radius 2 is 1.75 bits per heavy atom. The number of nitrogens with two attached hydrogens (primary N) is 1. The van der Waals surface area contributed by atoms with E-state index in [1.54, 1.807) is 13.8 Å². The van der Waals surface area contributed by atoms with Gasteiger partial charge < -0.3 is 11.1 Å². The smallest absolute Gasteiger partial charge is 0.241 e. The molecule has 0 aromatic heterocycles. The lowest BCUT2D eigenvalue weighted by Crippen LogP contribution is -2.54. The first-order chi connectivity index (χ1) is 7.16. The summed E-state index contributed by atoms with van der Waals surface area (Å²) in [5, 5.41) is 2.42. The van der Waals surface area contributed by atoms with Crippen LogP contribution in [0, 0.1) is 0 Å². The van der Waals surface area contributed by atoms with Crippen LogP contribution in [0.2, 0.25) is 0 Å². The number of hydrogen-bond donors (Lipinski definition) is 2. The lowest BCUT2D eigenvalue weighted by molar-refractivity contribution is -0.126. The highest BCUT2D eigenvalue weighted by Crippen LogP contribution is 2.38. The number of rotatable bonds is 5. The van der Waals surface area contributed by atoms with Crippen LogP contribution in [0.3, 0.4) is 0 Å². The summed E-state index contributed by atoms with van der Waals surface area (Å²) in [5.41, 5.74) is 5.22. The molecule has 0 saturated carbocycles. The lowest BCUT2D eigenvalue weighted by Gasteiger charge is -2.30. The van der Waals surface area contributed by atoms with Gasteiger partial charge in [0.2, 0.25) is 11.8 Å². The van der Waals surface area contributed by atoms with Crippen LogP contribution in [0.1, 0.15) is 27.7 Å². The van der Waals surface area contributed by atoms with Crippen molar-refractivity contribution in [2.75, 3.05) is 0 Å². The summed E-state index contributed by atoms with van der Waals surface area (Å²) < 4.78 is -0.645. The zero-order valence-electron chi connectivity index (χ0n) is 9.70. The quantitative estimate of drug-likeness (QED) is 0.713. The Hall–Kier alpha value is -0.690. The second-order valence-corrected chi connectivity index (χ2v) is 6.76. The lowest BCUT2D eigenvalue weighted by atomic mass is 10.0. The van der Waals surface area contributed by atoms with Crippen LogP contribution in [0.25, 0.3) is 0 Å². The highest BCUT2D eigenvalue weighted by atomic mass is 33.1. The first-order valence-electron chi connectivity index (χ1n) is 4.59. The van der Waals surface area contributed by atoms with Gasteiger partial charge in [0.25, 0.3) is 0 Å². The van der Waals surface area contributed by atoms with Crippen molar-refractivity contribution in [3.05, 3.63) is 0 Å². The van der Waals surface area contributed by atoms with E-state index in [2.05, 4.69) is 5.32 Å². The molecule has 0 aliphatic rings. The molecule has 0 heterocycles. The monoisotopic (exact) mass is 264 g/mol. The minimum absolute atomic E-state index is 0.0656. The van der Waals surface area contributed by atoms with Crippen LogP contribution < -0.4 is 11.1 Å². The number of carbonyl (C=O) groups excluding carboxylic acids is 3. The van der Waals surface area contributed by atoms with Crippen LogP contribution in [-0.2, 0) is 14.4 Å². The molecule has 16 heavy (non-hydrogen) atoms. The molecule has 0 radical (unpaired) electrons. The van der Waals surface area contributed by atoms with Gasteiger partial charge >= 0.3 is 0 Å². The third-order valence-electron chi connectivity index (χ3n) is 1.70. The van der Waals surface area contributed by atoms with Gasteiger partial charge in [0.05, 0.1) is 4.75 Å². The zero-order chi connectivity index (χ0) is 12.9. The molecule has 5 nitrogen and oxygen atoms in total. The van der Waals surface area contributed by atoms with E-state index in [0.29, 0.717) is 0 Å². The van der Waals surface area contributed by atoms with Crippen molar-refractivity contribution in [2.45, 2.75) is 38.5 Å². The molecular weight excluding hydrogens is 248 g/mol. The fourth-order valence-electron chi connectivity index (χ4n) is 1.00. The average molecular weight is 264 g/mol. The molecule has 2 amide bonds. The Morgan fingerprint density at radius 1 is 1.25 bits per heavy atom. The summed E-state index contributed by atoms with van der Waals surface area (Å²) in [6, 6.07) is -0.804. The largest absolute Gasteiger partial charge is 0.368 e. The van der Waals surface area contributed by atoms with E-state index in [1.807, 2.05) is 0 Å². The molecule has 0 aliphatic heterocycles. The molecule has 0 aliphatic carbocycles. The summed E-state index contributed by atoms with van der Waals surface area (Å²) in [7, 11) is 2.25. The number of primary amides is 1. The van der Waals surface area contributed by atoms with Crippen molar-refractivity contribution < 1.29 is 14.4 Å². The Labute approximate surface area is 103 Å². The Morgan fingerprint density at radius 3 is 2.06 bits per heavy atom. The van der Waals surface area contributed by atoms with Crippen molar-refractivity contribution >= 4 is 38.5 Å². The summed E-state index contributed by atoms with van der Waals surface area (Å²) in [4.78, 5) is 33.0. The first-order valence-corrected chi connectivity index (χ1v) is 6.74. The fourth-order valence-corrected chi connectivity index (χ4v) is 2.89. The summed E-state index contributed by atoms with van der Waals surface area (Å²) >= 11 is 0. The molecule has 0 saturated heterocycles. The number of carbonyl (C=O) groups is 3. The van der Waals surface area contributed by atoms with E-state index in [1.165, 1.54) is 24.6 Å². The van der Waals surface area contributed by atoms with E-state index in [-0.39, 0.29) is 11.0 Å². The van der Waals surface area contributed by atoms with Gasteiger partial charge in [-0.1, -0.05) is 10.8 Å². The van der Waals surface area contributed by atoms with Gasteiger partial charge in [-0.3, -0.25) is 14.4 Å². The molecule has 1 unspecified atom stereocenters. The molecular formula is C9H16N2O3S2. The van der Waals surface area contributed by atoms with Gasteiger partial charge in [-0.25, -0.2) is 0 Å². The Kier molecular flexibility index (Phi) is 5.88. The van der Waals surface area contributed by atoms with Crippen molar-refractivity contribution in [3.63, 3.8) is 0 Å². The summed E-state index contributed by atoms with van der Waals surface area (Å²) in [6.45, 7) is 6.25. The fraction of sp³-hybridized carbons (Fsp3) is 0.667. The van der Waals surface area contributed by atoms with E-state index in [0.717, 1.165) is 10.8 Å². The third kappa shape index (κ3) is 5.41.